The summed E-state index contributed by atoms with van der Waals surface area (Å²) in [6.07, 6.45) is 0. The minimum atomic E-state index is 0.651. The van der Waals surface area contributed by atoms with E-state index in [2.05, 4.69) is 177 Å². The smallest absolute Gasteiger partial charge is 0.237 e. The lowest BCUT2D eigenvalue weighted by Crippen LogP contribution is -2.03. The molecule has 0 aliphatic heterocycles. The Balaban J connectivity index is 1.21. The van der Waals surface area contributed by atoms with Crippen molar-refractivity contribution in [2.45, 2.75) is 0 Å². The van der Waals surface area contributed by atoms with Gasteiger partial charge in [0.25, 0.3) is 0 Å². The van der Waals surface area contributed by atoms with E-state index in [1.54, 1.807) is 0 Å². The van der Waals surface area contributed by atoms with Gasteiger partial charge in [0.05, 0.1) is 38.8 Å². The Morgan fingerprint density at radius 2 is 1.02 bits per heavy atom. The SMILES string of the molecule is c1ccc2c(-c3nc(-n4c5ccccc5n5c6cc(-n7c8ccccc8c8ccccc87)ccc6cc45)nc4ccccc34)cccc2c1. The first kappa shape index (κ1) is 26.4. The fourth-order valence-electron chi connectivity index (χ4n) is 7.91. The zero-order chi connectivity index (χ0) is 32.1. The lowest BCUT2D eigenvalue weighted by atomic mass is 9.99. The largest absolute Gasteiger partial charge is 0.309 e. The molecule has 0 fully saturated rings. The molecule has 0 N–H and O–H groups in total. The molecular weight excluding hydrogens is 599 g/mol. The van der Waals surface area contributed by atoms with Crippen LogP contribution in [0.25, 0.3) is 94.0 Å². The second-order valence-electron chi connectivity index (χ2n) is 12.7. The zero-order valence-electron chi connectivity index (χ0n) is 26.3. The van der Waals surface area contributed by atoms with E-state index in [1.807, 2.05) is 0 Å². The molecule has 5 heteroatoms. The average Bonchev–Trinajstić information content (AvgIpc) is 3.81. The molecule has 4 aromatic heterocycles. The highest BCUT2D eigenvalue weighted by Gasteiger charge is 2.21. The molecular formula is C44H27N5. The van der Waals surface area contributed by atoms with Crippen molar-refractivity contribution < 1.29 is 0 Å². The summed E-state index contributed by atoms with van der Waals surface area (Å²) in [5, 5.41) is 7.07. The van der Waals surface area contributed by atoms with Gasteiger partial charge in [0.15, 0.2) is 0 Å². The van der Waals surface area contributed by atoms with Gasteiger partial charge in [0.2, 0.25) is 5.95 Å². The van der Waals surface area contributed by atoms with Gasteiger partial charge in [-0.05, 0) is 59.3 Å². The predicted molar refractivity (Wildman–Crippen MR) is 202 cm³/mol. The average molecular weight is 626 g/mol. The van der Waals surface area contributed by atoms with E-state index in [4.69, 9.17) is 9.97 Å². The second-order valence-corrected chi connectivity index (χ2v) is 12.7. The van der Waals surface area contributed by atoms with Gasteiger partial charge in [-0.1, -0.05) is 115 Å². The van der Waals surface area contributed by atoms with Crippen molar-refractivity contribution in [2.75, 3.05) is 0 Å². The number of benzene rings is 7. The quantitative estimate of drug-likeness (QED) is 0.196. The molecule has 228 valence electrons. The third kappa shape index (κ3) is 3.70. The maximum absolute atomic E-state index is 5.40. The van der Waals surface area contributed by atoms with Crippen molar-refractivity contribution >= 4 is 71.1 Å². The van der Waals surface area contributed by atoms with E-state index >= 15 is 0 Å². The Kier molecular flexibility index (Phi) is 5.32. The van der Waals surface area contributed by atoms with Gasteiger partial charge in [-0.25, -0.2) is 9.97 Å². The summed E-state index contributed by atoms with van der Waals surface area (Å²) >= 11 is 0. The molecule has 0 saturated heterocycles. The van der Waals surface area contributed by atoms with Crippen LogP contribution in [-0.4, -0.2) is 23.5 Å². The van der Waals surface area contributed by atoms with Crippen LogP contribution in [-0.2, 0) is 0 Å². The summed E-state index contributed by atoms with van der Waals surface area (Å²) in [7, 11) is 0. The molecule has 0 unspecified atom stereocenters. The van der Waals surface area contributed by atoms with Crippen molar-refractivity contribution in [2.24, 2.45) is 0 Å². The molecule has 0 bridgehead atoms. The Hall–Kier alpha value is -6.72. The molecule has 0 radical (unpaired) electrons. The zero-order valence-corrected chi connectivity index (χ0v) is 26.3. The third-order valence-electron chi connectivity index (χ3n) is 10.0. The molecule has 0 saturated carbocycles. The van der Waals surface area contributed by atoms with Crippen LogP contribution >= 0.6 is 0 Å². The molecule has 0 aliphatic carbocycles. The highest BCUT2D eigenvalue weighted by molar-refractivity contribution is 6.10. The number of fused-ring (bicyclic) bond motifs is 10. The summed E-state index contributed by atoms with van der Waals surface area (Å²) in [6, 6.07) is 58.3. The number of hydrogen-bond acceptors (Lipinski definition) is 2. The van der Waals surface area contributed by atoms with E-state index in [1.165, 1.54) is 32.6 Å². The molecule has 0 spiro atoms. The van der Waals surface area contributed by atoms with Gasteiger partial charge in [-0.3, -0.25) is 8.97 Å². The molecule has 0 atom stereocenters. The molecule has 11 aromatic rings. The fraction of sp³-hybridized carbons (Fsp3) is 0. The van der Waals surface area contributed by atoms with Crippen molar-refractivity contribution in [3.05, 3.63) is 164 Å². The minimum Gasteiger partial charge on any atom is -0.309 e. The summed E-state index contributed by atoms with van der Waals surface area (Å²) in [5.74, 6) is 0.651. The number of nitrogens with zero attached hydrogens (tertiary/aromatic N) is 5. The monoisotopic (exact) mass is 625 g/mol. The molecule has 11 rings (SSSR count). The number of rotatable bonds is 3. The van der Waals surface area contributed by atoms with Gasteiger partial charge < -0.3 is 4.57 Å². The van der Waals surface area contributed by atoms with Crippen molar-refractivity contribution in [1.29, 1.82) is 0 Å². The first-order chi connectivity index (χ1) is 24.3. The number of hydrogen-bond donors (Lipinski definition) is 0. The molecule has 0 aliphatic rings. The summed E-state index contributed by atoms with van der Waals surface area (Å²) < 4.78 is 6.96. The van der Waals surface area contributed by atoms with Gasteiger partial charge in [-0.15, -0.1) is 0 Å². The Bertz CT molecular complexity index is 3060. The van der Waals surface area contributed by atoms with E-state index in [9.17, 15) is 0 Å². The van der Waals surface area contributed by atoms with Gasteiger partial charge in [0.1, 0.15) is 5.65 Å². The number of para-hydroxylation sites is 5. The predicted octanol–water partition coefficient (Wildman–Crippen LogP) is 10.9. The van der Waals surface area contributed by atoms with Crippen molar-refractivity contribution in [3.8, 4) is 22.9 Å². The summed E-state index contributed by atoms with van der Waals surface area (Å²) in [4.78, 5) is 10.6. The highest BCUT2D eigenvalue weighted by atomic mass is 15.2. The van der Waals surface area contributed by atoms with Crippen LogP contribution in [0, 0.1) is 0 Å². The summed E-state index contributed by atoms with van der Waals surface area (Å²) in [6.45, 7) is 0. The summed E-state index contributed by atoms with van der Waals surface area (Å²) in [5.41, 5.74) is 10.8. The molecule has 4 heterocycles. The van der Waals surface area contributed by atoms with Gasteiger partial charge in [-0.2, -0.15) is 0 Å². The first-order valence-corrected chi connectivity index (χ1v) is 16.6. The van der Waals surface area contributed by atoms with Crippen LogP contribution in [0.3, 0.4) is 0 Å². The molecule has 49 heavy (non-hydrogen) atoms. The Morgan fingerprint density at radius 3 is 1.82 bits per heavy atom. The van der Waals surface area contributed by atoms with E-state index in [0.717, 1.165) is 55.4 Å². The van der Waals surface area contributed by atoms with Crippen LogP contribution in [0.15, 0.2) is 164 Å². The Labute approximate surface area is 280 Å². The lowest BCUT2D eigenvalue weighted by Gasteiger charge is -2.12. The van der Waals surface area contributed by atoms with E-state index in [0.29, 0.717) is 5.95 Å². The van der Waals surface area contributed by atoms with Crippen LogP contribution < -0.4 is 0 Å². The maximum atomic E-state index is 5.40. The topological polar surface area (TPSA) is 40.0 Å². The normalized spacial score (nSPS) is 12.1. The van der Waals surface area contributed by atoms with Crippen LogP contribution in [0.4, 0.5) is 0 Å². The first-order valence-electron chi connectivity index (χ1n) is 16.6. The fourth-order valence-corrected chi connectivity index (χ4v) is 7.91. The molecule has 0 amide bonds. The minimum absolute atomic E-state index is 0.651. The standard InChI is InChI=1S/C44H27N5/c1-2-14-31-28(12-1)13-11-18-34(31)43-35-17-3-6-19-36(35)45-44(46-43)49-40-23-10-9-22-39(40)48-41-27-30(25-24-29(41)26-42(48)49)47-37-20-7-4-15-32(37)33-16-5-8-21-38(33)47/h1-27H. The van der Waals surface area contributed by atoms with Crippen molar-refractivity contribution in [3.63, 3.8) is 0 Å². The van der Waals surface area contributed by atoms with Crippen LogP contribution in [0.1, 0.15) is 0 Å². The second kappa shape index (κ2) is 9.89. The maximum Gasteiger partial charge on any atom is 0.237 e. The number of aromatic nitrogens is 5. The third-order valence-corrected chi connectivity index (χ3v) is 10.0. The molecule has 5 nitrogen and oxygen atoms in total. The molecule has 7 aromatic carbocycles. The Morgan fingerprint density at radius 1 is 0.388 bits per heavy atom. The van der Waals surface area contributed by atoms with Gasteiger partial charge >= 0.3 is 0 Å². The van der Waals surface area contributed by atoms with Crippen LogP contribution in [0.2, 0.25) is 0 Å². The van der Waals surface area contributed by atoms with E-state index in [-0.39, 0.29) is 0 Å². The number of imidazole rings is 1. The highest BCUT2D eigenvalue weighted by Crippen LogP contribution is 2.37. The lowest BCUT2D eigenvalue weighted by molar-refractivity contribution is 1.00. The van der Waals surface area contributed by atoms with E-state index < -0.39 is 0 Å². The van der Waals surface area contributed by atoms with Gasteiger partial charge in [0, 0.05) is 32.8 Å². The van der Waals surface area contributed by atoms with Crippen LogP contribution in [0.5, 0.6) is 0 Å². The van der Waals surface area contributed by atoms with Crippen molar-refractivity contribution in [1.82, 2.24) is 23.5 Å².